The first kappa shape index (κ1) is 12.5. The summed E-state index contributed by atoms with van der Waals surface area (Å²) in [5, 5.41) is 4.92. The molecular weight excluding hydrogens is 214 g/mol. The number of halogens is 1. The molecule has 1 N–H and O–H groups in total. The topological polar surface area (TPSA) is 39.1 Å². The number of rotatable bonds is 5. The normalized spacial score (nSPS) is 11.3. The fraction of sp³-hybridized carbons (Fsp3) is 0.700. The standard InChI is InChI=1S/C10H18ClN3O/c1-7(2)6-15-12-5-9-10(11)8(3)13-14(9)4/h7,12H,5-6H2,1-4H3. The van der Waals surface area contributed by atoms with Crippen LogP contribution >= 0.6 is 11.6 Å². The molecule has 0 radical (unpaired) electrons. The molecule has 0 aliphatic carbocycles. The van der Waals surface area contributed by atoms with Gasteiger partial charge in [0.05, 0.1) is 29.6 Å². The van der Waals surface area contributed by atoms with E-state index in [2.05, 4.69) is 24.4 Å². The van der Waals surface area contributed by atoms with Gasteiger partial charge in [0, 0.05) is 7.05 Å². The third-order valence-electron chi connectivity index (χ3n) is 2.02. The quantitative estimate of drug-likeness (QED) is 0.623. The van der Waals surface area contributed by atoms with E-state index in [-0.39, 0.29) is 0 Å². The maximum atomic E-state index is 6.08. The maximum Gasteiger partial charge on any atom is 0.0861 e. The van der Waals surface area contributed by atoms with Gasteiger partial charge in [-0.25, -0.2) is 0 Å². The minimum atomic E-state index is 0.515. The molecule has 0 aliphatic rings. The van der Waals surface area contributed by atoms with Crippen LogP contribution in [0.2, 0.25) is 5.02 Å². The third kappa shape index (κ3) is 3.48. The molecule has 86 valence electrons. The number of aromatic nitrogens is 2. The van der Waals surface area contributed by atoms with Gasteiger partial charge in [0.15, 0.2) is 0 Å². The highest BCUT2D eigenvalue weighted by molar-refractivity contribution is 6.31. The molecule has 1 aromatic heterocycles. The van der Waals surface area contributed by atoms with Crippen molar-refractivity contribution in [3.8, 4) is 0 Å². The molecular formula is C10H18ClN3O. The SMILES string of the molecule is Cc1nn(C)c(CNOCC(C)C)c1Cl. The van der Waals surface area contributed by atoms with Gasteiger partial charge < -0.3 is 4.84 Å². The van der Waals surface area contributed by atoms with Crippen LogP contribution in [0.4, 0.5) is 0 Å². The van der Waals surface area contributed by atoms with Crippen LogP contribution in [-0.4, -0.2) is 16.4 Å². The van der Waals surface area contributed by atoms with Crippen LogP contribution in [0.15, 0.2) is 0 Å². The van der Waals surface area contributed by atoms with Crippen LogP contribution in [0.1, 0.15) is 25.2 Å². The zero-order chi connectivity index (χ0) is 11.4. The van der Waals surface area contributed by atoms with Gasteiger partial charge in [-0.05, 0) is 12.8 Å². The summed E-state index contributed by atoms with van der Waals surface area (Å²) in [6, 6.07) is 0. The monoisotopic (exact) mass is 231 g/mol. The fourth-order valence-corrected chi connectivity index (χ4v) is 1.44. The largest absolute Gasteiger partial charge is 0.301 e. The first-order valence-corrected chi connectivity index (χ1v) is 5.42. The van der Waals surface area contributed by atoms with E-state index < -0.39 is 0 Å². The number of nitrogens with zero attached hydrogens (tertiary/aromatic N) is 2. The van der Waals surface area contributed by atoms with Gasteiger partial charge in [-0.3, -0.25) is 4.68 Å². The number of aryl methyl sites for hydroxylation is 2. The van der Waals surface area contributed by atoms with Crippen LogP contribution < -0.4 is 5.48 Å². The van der Waals surface area contributed by atoms with Crippen LogP contribution in [0.5, 0.6) is 0 Å². The highest BCUT2D eigenvalue weighted by atomic mass is 35.5. The van der Waals surface area contributed by atoms with Crippen LogP contribution in [0, 0.1) is 12.8 Å². The molecule has 0 saturated carbocycles. The molecule has 1 rings (SSSR count). The first-order valence-electron chi connectivity index (χ1n) is 5.05. The van der Waals surface area contributed by atoms with Crippen molar-refractivity contribution in [2.75, 3.05) is 6.61 Å². The summed E-state index contributed by atoms with van der Waals surface area (Å²) in [7, 11) is 1.87. The zero-order valence-electron chi connectivity index (χ0n) is 9.67. The van der Waals surface area contributed by atoms with Crippen molar-refractivity contribution < 1.29 is 4.84 Å². The van der Waals surface area contributed by atoms with E-state index in [0.717, 1.165) is 11.4 Å². The lowest BCUT2D eigenvalue weighted by atomic mass is 10.2. The van der Waals surface area contributed by atoms with Crippen LogP contribution in [0.3, 0.4) is 0 Å². The fourth-order valence-electron chi connectivity index (χ4n) is 1.22. The Hall–Kier alpha value is -0.580. The van der Waals surface area contributed by atoms with E-state index >= 15 is 0 Å². The van der Waals surface area contributed by atoms with Crippen molar-refractivity contribution in [2.24, 2.45) is 13.0 Å². The molecule has 5 heteroatoms. The average molecular weight is 232 g/mol. The van der Waals surface area contributed by atoms with E-state index in [1.54, 1.807) is 4.68 Å². The summed E-state index contributed by atoms with van der Waals surface area (Å²) in [6.07, 6.45) is 0. The van der Waals surface area contributed by atoms with Gasteiger partial charge >= 0.3 is 0 Å². The summed E-state index contributed by atoms with van der Waals surface area (Å²) in [6.45, 7) is 7.35. The van der Waals surface area contributed by atoms with Gasteiger partial charge in [0.25, 0.3) is 0 Å². The lowest BCUT2D eigenvalue weighted by Gasteiger charge is -2.08. The molecule has 0 atom stereocenters. The molecule has 0 spiro atoms. The van der Waals surface area contributed by atoms with E-state index in [0.29, 0.717) is 24.1 Å². The number of hydrogen-bond acceptors (Lipinski definition) is 3. The van der Waals surface area contributed by atoms with E-state index in [4.69, 9.17) is 16.4 Å². The van der Waals surface area contributed by atoms with Gasteiger partial charge in [-0.15, -0.1) is 0 Å². The van der Waals surface area contributed by atoms with Crippen LogP contribution in [0.25, 0.3) is 0 Å². The molecule has 0 saturated heterocycles. The Morgan fingerprint density at radius 1 is 1.53 bits per heavy atom. The van der Waals surface area contributed by atoms with E-state index in [1.165, 1.54) is 0 Å². The molecule has 1 heterocycles. The Kier molecular flexibility index (Phi) is 4.57. The van der Waals surface area contributed by atoms with Crippen LogP contribution in [-0.2, 0) is 18.4 Å². The summed E-state index contributed by atoms with van der Waals surface area (Å²) >= 11 is 6.08. The van der Waals surface area contributed by atoms with Crippen molar-refractivity contribution in [1.29, 1.82) is 0 Å². The Bertz CT molecular complexity index is 323. The zero-order valence-corrected chi connectivity index (χ0v) is 10.4. The molecule has 0 aromatic carbocycles. The van der Waals surface area contributed by atoms with Gasteiger partial charge in [0.2, 0.25) is 0 Å². The molecule has 0 aliphatic heterocycles. The second-order valence-electron chi connectivity index (χ2n) is 4.00. The van der Waals surface area contributed by atoms with Gasteiger partial charge in [-0.1, -0.05) is 25.4 Å². The number of hydrogen-bond donors (Lipinski definition) is 1. The predicted octanol–water partition coefficient (Wildman–Crippen LogP) is 2.06. The third-order valence-corrected chi connectivity index (χ3v) is 2.51. The molecule has 0 amide bonds. The van der Waals surface area contributed by atoms with Gasteiger partial charge in [-0.2, -0.15) is 10.6 Å². The second-order valence-corrected chi connectivity index (χ2v) is 4.37. The molecule has 4 nitrogen and oxygen atoms in total. The summed E-state index contributed by atoms with van der Waals surface area (Å²) in [5.41, 5.74) is 4.67. The van der Waals surface area contributed by atoms with Gasteiger partial charge in [0.1, 0.15) is 0 Å². The smallest absolute Gasteiger partial charge is 0.0861 e. The Labute approximate surface area is 95.5 Å². The number of nitrogens with one attached hydrogen (secondary N) is 1. The second kappa shape index (κ2) is 5.49. The van der Waals surface area contributed by atoms with E-state index in [9.17, 15) is 0 Å². The highest BCUT2D eigenvalue weighted by Crippen LogP contribution is 2.18. The molecule has 0 unspecified atom stereocenters. The van der Waals surface area contributed by atoms with Crippen molar-refractivity contribution in [1.82, 2.24) is 15.3 Å². The van der Waals surface area contributed by atoms with Crippen molar-refractivity contribution in [3.63, 3.8) is 0 Å². The van der Waals surface area contributed by atoms with Crippen molar-refractivity contribution in [3.05, 3.63) is 16.4 Å². The Morgan fingerprint density at radius 2 is 2.20 bits per heavy atom. The summed E-state index contributed by atoms with van der Waals surface area (Å²) in [4.78, 5) is 5.27. The minimum Gasteiger partial charge on any atom is -0.301 e. The first-order chi connectivity index (χ1) is 7.02. The highest BCUT2D eigenvalue weighted by Gasteiger charge is 2.10. The predicted molar refractivity (Wildman–Crippen MR) is 60.6 cm³/mol. The van der Waals surface area contributed by atoms with E-state index in [1.807, 2.05) is 14.0 Å². The summed E-state index contributed by atoms with van der Waals surface area (Å²) in [5.74, 6) is 0.515. The minimum absolute atomic E-state index is 0.515. The lowest BCUT2D eigenvalue weighted by molar-refractivity contribution is 0.0185. The molecule has 0 fully saturated rings. The Balaban J connectivity index is 2.44. The summed E-state index contributed by atoms with van der Waals surface area (Å²) < 4.78 is 1.77. The lowest BCUT2D eigenvalue weighted by Crippen LogP contribution is -2.19. The Morgan fingerprint density at radius 3 is 2.67 bits per heavy atom. The number of hydroxylamine groups is 1. The molecule has 15 heavy (non-hydrogen) atoms. The van der Waals surface area contributed by atoms with Crippen molar-refractivity contribution in [2.45, 2.75) is 27.3 Å². The molecule has 1 aromatic rings. The molecule has 0 bridgehead atoms. The average Bonchev–Trinajstić information content (AvgIpc) is 2.37. The van der Waals surface area contributed by atoms with Crippen molar-refractivity contribution >= 4 is 11.6 Å². The maximum absolute atomic E-state index is 6.08.